The minimum atomic E-state index is -4.75. The van der Waals surface area contributed by atoms with Gasteiger partial charge in [0.05, 0.1) is 18.5 Å². The predicted octanol–water partition coefficient (Wildman–Crippen LogP) is 5.75. The standard InChI is InChI=1S/C17H11Cl2F3N2O2/c1-25-16-9-15(10-6-11(18)8-12(19)7-10)23-24(16)13-2-4-14(5-3-13)26-17(20,21)22/h2-9H,1H3. The molecule has 0 N–H and O–H groups in total. The molecule has 9 heteroatoms. The minimum absolute atomic E-state index is 0.325. The first-order valence-corrected chi connectivity index (χ1v) is 7.97. The van der Waals surface area contributed by atoms with Crippen molar-refractivity contribution in [2.24, 2.45) is 0 Å². The molecular formula is C17H11Cl2F3N2O2. The molecule has 0 saturated carbocycles. The van der Waals surface area contributed by atoms with Crippen molar-refractivity contribution in [3.8, 4) is 28.6 Å². The normalized spacial score (nSPS) is 11.5. The lowest BCUT2D eigenvalue weighted by molar-refractivity contribution is -0.274. The maximum absolute atomic E-state index is 12.3. The first kappa shape index (κ1) is 18.4. The van der Waals surface area contributed by atoms with E-state index in [1.54, 1.807) is 24.3 Å². The molecule has 2 aromatic carbocycles. The van der Waals surface area contributed by atoms with Gasteiger partial charge in [0, 0.05) is 21.7 Å². The summed E-state index contributed by atoms with van der Waals surface area (Å²) >= 11 is 12.0. The van der Waals surface area contributed by atoms with Gasteiger partial charge in [-0.05, 0) is 42.5 Å². The summed E-state index contributed by atoms with van der Waals surface area (Å²) in [7, 11) is 1.46. The van der Waals surface area contributed by atoms with Crippen molar-refractivity contribution < 1.29 is 22.6 Å². The van der Waals surface area contributed by atoms with Crippen molar-refractivity contribution in [2.45, 2.75) is 6.36 Å². The Labute approximate surface area is 156 Å². The van der Waals surface area contributed by atoms with Crippen LogP contribution in [0, 0.1) is 0 Å². The molecule has 26 heavy (non-hydrogen) atoms. The Kier molecular flexibility index (Phi) is 5.02. The van der Waals surface area contributed by atoms with Crippen LogP contribution in [0.25, 0.3) is 16.9 Å². The number of nitrogens with zero attached hydrogens (tertiary/aromatic N) is 2. The number of ether oxygens (including phenoxy) is 2. The van der Waals surface area contributed by atoms with Crippen LogP contribution in [-0.2, 0) is 0 Å². The van der Waals surface area contributed by atoms with Crippen LogP contribution in [0.2, 0.25) is 10.0 Å². The molecule has 0 saturated heterocycles. The van der Waals surface area contributed by atoms with Crippen LogP contribution in [0.1, 0.15) is 0 Å². The lowest BCUT2D eigenvalue weighted by atomic mass is 10.1. The van der Waals surface area contributed by atoms with E-state index in [1.165, 1.54) is 36.1 Å². The molecule has 0 aliphatic rings. The topological polar surface area (TPSA) is 36.3 Å². The van der Waals surface area contributed by atoms with E-state index in [1.807, 2.05) is 0 Å². The van der Waals surface area contributed by atoms with Crippen LogP contribution >= 0.6 is 23.2 Å². The maximum atomic E-state index is 12.3. The van der Waals surface area contributed by atoms with E-state index in [4.69, 9.17) is 27.9 Å². The molecule has 0 amide bonds. The van der Waals surface area contributed by atoms with Crippen LogP contribution in [-0.4, -0.2) is 23.3 Å². The quantitative estimate of drug-likeness (QED) is 0.556. The van der Waals surface area contributed by atoms with E-state index in [0.717, 1.165) is 0 Å². The van der Waals surface area contributed by atoms with E-state index in [9.17, 15) is 13.2 Å². The molecule has 4 nitrogen and oxygen atoms in total. The number of benzene rings is 2. The maximum Gasteiger partial charge on any atom is 0.573 e. The highest BCUT2D eigenvalue weighted by Gasteiger charge is 2.31. The van der Waals surface area contributed by atoms with E-state index >= 15 is 0 Å². The second-order valence-electron chi connectivity index (χ2n) is 5.18. The summed E-state index contributed by atoms with van der Waals surface area (Å²) in [5.74, 6) is 0.0646. The lowest BCUT2D eigenvalue weighted by Gasteiger charge is -2.10. The monoisotopic (exact) mass is 402 g/mol. The second-order valence-corrected chi connectivity index (χ2v) is 6.06. The molecule has 1 heterocycles. The van der Waals surface area contributed by atoms with Crippen molar-refractivity contribution >= 4 is 23.2 Å². The molecule has 3 aromatic rings. The third kappa shape index (κ3) is 4.23. The highest BCUT2D eigenvalue weighted by Crippen LogP contribution is 2.31. The minimum Gasteiger partial charge on any atom is -0.481 e. The Hall–Kier alpha value is -2.38. The Morgan fingerprint density at radius 1 is 0.962 bits per heavy atom. The molecule has 0 unspecified atom stereocenters. The summed E-state index contributed by atoms with van der Waals surface area (Å²) in [5, 5.41) is 5.33. The van der Waals surface area contributed by atoms with Crippen molar-refractivity contribution in [1.82, 2.24) is 9.78 Å². The number of hydrogen-bond acceptors (Lipinski definition) is 3. The fourth-order valence-electron chi connectivity index (χ4n) is 2.33. The average Bonchev–Trinajstić information content (AvgIpc) is 2.97. The zero-order chi connectivity index (χ0) is 18.9. The summed E-state index contributed by atoms with van der Waals surface area (Å²) in [6, 6.07) is 11.9. The first-order valence-electron chi connectivity index (χ1n) is 7.22. The fourth-order valence-corrected chi connectivity index (χ4v) is 2.85. The highest BCUT2D eigenvalue weighted by atomic mass is 35.5. The van der Waals surface area contributed by atoms with E-state index in [-0.39, 0.29) is 5.75 Å². The second kappa shape index (κ2) is 7.09. The largest absolute Gasteiger partial charge is 0.573 e. The SMILES string of the molecule is COc1cc(-c2cc(Cl)cc(Cl)c2)nn1-c1ccc(OC(F)(F)F)cc1. The van der Waals surface area contributed by atoms with Gasteiger partial charge in [0.15, 0.2) is 0 Å². The van der Waals surface area contributed by atoms with Gasteiger partial charge in [-0.2, -0.15) is 5.10 Å². The Balaban J connectivity index is 1.96. The van der Waals surface area contributed by atoms with Gasteiger partial charge in [-0.1, -0.05) is 23.2 Å². The van der Waals surface area contributed by atoms with E-state index in [2.05, 4.69) is 9.84 Å². The molecular weight excluding hydrogens is 392 g/mol. The molecule has 0 aliphatic heterocycles. The Morgan fingerprint density at radius 3 is 2.12 bits per heavy atom. The third-order valence-corrected chi connectivity index (χ3v) is 3.80. The summed E-state index contributed by atoms with van der Waals surface area (Å²) in [5.41, 5.74) is 1.72. The van der Waals surface area contributed by atoms with Gasteiger partial charge >= 0.3 is 6.36 Å². The molecule has 0 bridgehead atoms. The van der Waals surface area contributed by atoms with Gasteiger partial charge in [-0.25, -0.2) is 4.68 Å². The summed E-state index contributed by atoms with van der Waals surface area (Å²) in [4.78, 5) is 0. The van der Waals surface area contributed by atoms with Gasteiger partial charge < -0.3 is 9.47 Å². The molecule has 0 aliphatic carbocycles. The molecule has 136 valence electrons. The van der Waals surface area contributed by atoms with E-state index in [0.29, 0.717) is 32.9 Å². The average molecular weight is 403 g/mol. The van der Waals surface area contributed by atoms with Crippen LogP contribution in [0.4, 0.5) is 13.2 Å². The Bertz CT molecular complexity index is 904. The van der Waals surface area contributed by atoms with Crippen LogP contribution in [0.5, 0.6) is 11.6 Å². The number of aromatic nitrogens is 2. The number of methoxy groups -OCH3 is 1. The molecule has 0 fully saturated rings. The van der Waals surface area contributed by atoms with Crippen molar-refractivity contribution in [3.05, 3.63) is 58.6 Å². The lowest BCUT2D eigenvalue weighted by Crippen LogP contribution is -2.17. The van der Waals surface area contributed by atoms with Crippen molar-refractivity contribution in [3.63, 3.8) is 0 Å². The third-order valence-electron chi connectivity index (χ3n) is 3.36. The Morgan fingerprint density at radius 2 is 1.58 bits per heavy atom. The van der Waals surface area contributed by atoms with Crippen molar-refractivity contribution in [2.75, 3.05) is 7.11 Å². The number of rotatable bonds is 4. The zero-order valence-corrected chi connectivity index (χ0v) is 14.7. The van der Waals surface area contributed by atoms with Gasteiger partial charge in [0.1, 0.15) is 5.75 Å². The van der Waals surface area contributed by atoms with Gasteiger partial charge in [0.2, 0.25) is 5.88 Å². The predicted molar refractivity (Wildman–Crippen MR) is 92.3 cm³/mol. The van der Waals surface area contributed by atoms with Gasteiger partial charge in [-0.15, -0.1) is 13.2 Å². The van der Waals surface area contributed by atoms with Gasteiger partial charge in [-0.3, -0.25) is 0 Å². The summed E-state index contributed by atoms with van der Waals surface area (Å²) < 4.78 is 47.4. The van der Waals surface area contributed by atoms with E-state index < -0.39 is 6.36 Å². The van der Waals surface area contributed by atoms with Crippen LogP contribution in [0.15, 0.2) is 48.5 Å². The first-order chi connectivity index (χ1) is 12.2. The molecule has 3 rings (SSSR count). The smallest absolute Gasteiger partial charge is 0.481 e. The molecule has 0 atom stereocenters. The highest BCUT2D eigenvalue weighted by molar-refractivity contribution is 6.35. The summed E-state index contributed by atoms with van der Waals surface area (Å²) in [6.45, 7) is 0. The number of hydrogen-bond donors (Lipinski definition) is 0. The fraction of sp³-hybridized carbons (Fsp3) is 0.118. The number of alkyl halides is 3. The summed E-state index contributed by atoms with van der Waals surface area (Å²) in [6.07, 6.45) is -4.75. The molecule has 1 aromatic heterocycles. The van der Waals surface area contributed by atoms with Crippen molar-refractivity contribution in [1.29, 1.82) is 0 Å². The molecule has 0 spiro atoms. The van der Waals surface area contributed by atoms with Crippen LogP contribution in [0.3, 0.4) is 0 Å². The van der Waals surface area contributed by atoms with Crippen LogP contribution < -0.4 is 9.47 Å². The number of halogens is 5. The zero-order valence-electron chi connectivity index (χ0n) is 13.2. The van der Waals surface area contributed by atoms with Gasteiger partial charge in [0.25, 0.3) is 0 Å². The molecule has 0 radical (unpaired) electrons.